The van der Waals surface area contributed by atoms with Crippen LogP contribution in [0.25, 0.3) is 0 Å². The van der Waals surface area contributed by atoms with Gasteiger partial charge < -0.3 is 5.73 Å². The summed E-state index contributed by atoms with van der Waals surface area (Å²) in [4.78, 5) is 0. The molecule has 1 heterocycles. The van der Waals surface area contributed by atoms with E-state index in [9.17, 15) is 0 Å². The molecule has 1 aliphatic rings. The van der Waals surface area contributed by atoms with Gasteiger partial charge in [-0.3, -0.25) is 4.68 Å². The lowest BCUT2D eigenvalue weighted by Gasteiger charge is -2.25. The Bertz CT molecular complexity index is 324. The molecule has 0 amide bonds. The minimum atomic E-state index is 0.294. The zero-order valence-corrected chi connectivity index (χ0v) is 10.9. The van der Waals surface area contributed by atoms with Gasteiger partial charge in [0, 0.05) is 25.7 Å². The second-order valence-corrected chi connectivity index (χ2v) is 5.45. The van der Waals surface area contributed by atoms with E-state index in [1.54, 1.807) is 0 Å². The van der Waals surface area contributed by atoms with Crippen LogP contribution < -0.4 is 5.73 Å². The molecule has 17 heavy (non-hydrogen) atoms. The number of rotatable bonds is 3. The number of hydrogen-bond acceptors (Lipinski definition) is 2. The number of aromatic nitrogens is 2. The van der Waals surface area contributed by atoms with Gasteiger partial charge in [-0.05, 0) is 24.8 Å². The van der Waals surface area contributed by atoms with Crippen LogP contribution in [0.3, 0.4) is 0 Å². The first-order valence-electron chi connectivity index (χ1n) is 7.00. The molecule has 1 unspecified atom stereocenters. The molecule has 2 N–H and O–H groups in total. The summed E-state index contributed by atoms with van der Waals surface area (Å²) >= 11 is 0. The quantitative estimate of drug-likeness (QED) is 0.875. The van der Waals surface area contributed by atoms with E-state index in [4.69, 9.17) is 5.73 Å². The Balaban J connectivity index is 1.86. The lowest BCUT2D eigenvalue weighted by Crippen LogP contribution is -2.33. The van der Waals surface area contributed by atoms with Crippen molar-refractivity contribution in [2.24, 2.45) is 18.7 Å². The van der Waals surface area contributed by atoms with Gasteiger partial charge in [0.15, 0.2) is 0 Å². The van der Waals surface area contributed by atoms with E-state index < -0.39 is 0 Å². The minimum absolute atomic E-state index is 0.294. The van der Waals surface area contributed by atoms with Crippen LogP contribution in [0.2, 0.25) is 0 Å². The Labute approximate surface area is 104 Å². The van der Waals surface area contributed by atoms with Crippen molar-refractivity contribution >= 4 is 0 Å². The predicted molar refractivity (Wildman–Crippen MR) is 70.7 cm³/mol. The molecule has 1 aromatic heterocycles. The molecule has 3 heteroatoms. The Kier molecular flexibility index (Phi) is 4.60. The molecule has 1 saturated carbocycles. The molecule has 0 aliphatic heterocycles. The highest BCUT2D eigenvalue weighted by Gasteiger charge is 2.19. The summed E-state index contributed by atoms with van der Waals surface area (Å²) in [5, 5.41) is 4.42. The maximum absolute atomic E-state index is 6.36. The third-order valence-corrected chi connectivity index (χ3v) is 3.97. The number of hydrogen-bond donors (Lipinski definition) is 1. The van der Waals surface area contributed by atoms with Crippen molar-refractivity contribution in [1.82, 2.24) is 9.78 Å². The lowest BCUT2D eigenvalue weighted by atomic mass is 9.84. The van der Waals surface area contributed by atoms with Crippen molar-refractivity contribution in [2.75, 3.05) is 0 Å². The van der Waals surface area contributed by atoms with Crippen molar-refractivity contribution < 1.29 is 0 Å². The summed E-state index contributed by atoms with van der Waals surface area (Å²) in [6, 6.07) is 2.38. The van der Waals surface area contributed by atoms with E-state index in [-0.39, 0.29) is 0 Å². The van der Waals surface area contributed by atoms with Gasteiger partial charge in [-0.15, -0.1) is 0 Å². The molecule has 2 rings (SSSR count). The molecule has 1 fully saturated rings. The van der Waals surface area contributed by atoms with Gasteiger partial charge in [0.2, 0.25) is 0 Å². The fourth-order valence-corrected chi connectivity index (χ4v) is 2.90. The van der Waals surface area contributed by atoms with Crippen LogP contribution in [-0.2, 0) is 13.5 Å². The van der Waals surface area contributed by atoms with Crippen molar-refractivity contribution in [1.29, 1.82) is 0 Å². The first kappa shape index (κ1) is 12.6. The zero-order chi connectivity index (χ0) is 12.1. The number of aryl methyl sites for hydroxylation is 1. The summed E-state index contributed by atoms with van der Waals surface area (Å²) in [6.45, 7) is 0. The van der Waals surface area contributed by atoms with Gasteiger partial charge in [0.1, 0.15) is 0 Å². The number of nitrogens with zero attached hydrogens (tertiary/aromatic N) is 2. The smallest absolute Gasteiger partial charge is 0.0640 e. The van der Waals surface area contributed by atoms with Crippen LogP contribution in [0.5, 0.6) is 0 Å². The monoisotopic (exact) mass is 235 g/mol. The fraction of sp³-hybridized carbons (Fsp3) is 0.786. The normalized spacial score (nSPS) is 20.8. The van der Waals surface area contributed by atoms with Gasteiger partial charge >= 0.3 is 0 Å². The van der Waals surface area contributed by atoms with Crippen LogP contribution in [0.1, 0.15) is 50.6 Å². The Morgan fingerprint density at radius 2 is 1.94 bits per heavy atom. The molecule has 3 nitrogen and oxygen atoms in total. The molecule has 0 aromatic carbocycles. The second kappa shape index (κ2) is 6.20. The minimum Gasteiger partial charge on any atom is -0.327 e. The van der Waals surface area contributed by atoms with Crippen molar-refractivity contribution in [3.05, 3.63) is 18.0 Å². The van der Waals surface area contributed by atoms with E-state index in [2.05, 4.69) is 11.2 Å². The molecule has 1 aromatic rings. The third kappa shape index (κ3) is 3.84. The molecule has 0 saturated heterocycles. The van der Waals surface area contributed by atoms with E-state index in [1.807, 2.05) is 17.9 Å². The molecular weight excluding hydrogens is 210 g/mol. The van der Waals surface area contributed by atoms with Gasteiger partial charge in [0.25, 0.3) is 0 Å². The molecule has 96 valence electrons. The van der Waals surface area contributed by atoms with Crippen LogP contribution in [0.15, 0.2) is 12.3 Å². The summed E-state index contributed by atoms with van der Waals surface area (Å²) in [5.74, 6) is 0.706. The topological polar surface area (TPSA) is 43.8 Å². The average molecular weight is 235 g/mol. The molecule has 1 atom stereocenters. The average Bonchev–Trinajstić information content (AvgIpc) is 2.63. The van der Waals surface area contributed by atoms with Crippen molar-refractivity contribution in [2.45, 2.75) is 57.4 Å². The van der Waals surface area contributed by atoms with E-state index in [0.717, 1.165) is 12.1 Å². The maximum atomic E-state index is 6.36. The predicted octanol–water partition coefficient (Wildman–Crippen LogP) is 2.65. The summed E-state index contributed by atoms with van der Waals surface area (Å²) in [5.41, 5.74) is 7.50. The Morgan fingerprint density at radius 3 is 2.53 bits per heavy atom. The summed E-state index contributed by atoms with van der Waals surface area (Å²) < 4.78 is 1.86. The molecule has 0 bridgehead atoms. The Hall–Kier alpha value is -0.830. The molecule has 0 spiro atoms. The standard InChI is InChI=1S/C14H25N3/c1-17-10-9-13(16-17)11-14(15)12-7-5-3-2-4-6-8-12/h9-10,12,14H,2-8,11,15H2,1H3. The van der Waals surface area contributed by atoms with Gasteiger partial charge in [-0.1, -0.05) is 32.1 Å². The van der Waals surface area contributed by atoms with E-state index >= 15 is 0 Å². The highest BCUT2D eigenvalue weighted by atomic mass is 15.2. The maximum Gasteiger partial charge on any atom is 0.0640 e. The molecule has 1 aliphatic carbocycles. The summed E-state index contributed by atoms with van der Waals surface area (Å²) in [7, 11) is 1.96. The van der Waals surface area contributed by atoms with Crippen molar-refractivity contribution in [3.63, 3.8) is 0 Å². The SMILES string of the molecule is Cn1ccc(CC(N)C2CCCCCCC2)n1. The summed E-state index contributed by atoms with van der Waals surface area (Å²) in [6.07, 6.45) is 12.5. The highest BCUT2D eigenvalue weighted by molar-refractivity contribution is 5.01. The fourth-order valence-electron chi connectivity index (χ4n) is 2.90. The first-order valence-corrected chi connectivity index (χ1v) is 7.00. The molecule has 0 radical (unpaired) electrons. The second-order valence-electron chi connectivity index (χ2n) is 5.45. The lowest BCUT2D eigenvalue weighted by molar-refractivity contribution is 0.320. The van der Waals surface area contributed by atoms with Crippen LogP contribution in [-0.4, -0.2) is 15.8 Å². The van der Waals surface area contributed by atoms with Gasteiger partial charge in [-0.25, -0.2) is 0 Å². The van der Waals surface area contributed by atoms with Gasteiger partial charge in [0.05, 0.1) is 5.69 Å². The van der Waals surface area contributed by atoms with Crippen LogP contribution in [0, 0.1) is 5.92 Å². The van der Waals surface area contributed by atoms with Crippen LogP contribution in [0.4, 0.5) is 0 Å². The van der Waals surface area contributed by atoms with Crippen molar-refractivity contribution in [3.8, 4) is 0 Å². The van der Waals surface area contributed by atoms with Gasteiger partial charge in [-0.2, -0.15) is 5.10 Å². The third-order valence-electron chi connectivity index (χ3n) is 3.97. The zero-order valence-electron chi connectivity index (χ0n) is 10.9. The van der Waals surface area contributed by atoms with Crippen LogP contribution >= 0.6 is 0 Å². The van der Waals surface area contributed by atoms with E-state index in [0.29, 0.717) is 12.0 Å². The highest BCUT2D eigenvalue weighted by Crippen LogP contribution is 2.25. The first-order chi connectivity index (χ1) is 8.25. The Morgan fingerprint density at radius 1 is 1.29 bits per heavy atom. The number of nitrogens with two attached hydrogens (primary N) is 1. The largest absolute Gasteiger partial charge is 0.327 e. The molecular formula is C14H25N3. The van der Waals surface area contributed by atoms with E-state index in [1.165, 1.54) is 44.9 Å².